The van der Waals surface area contributed by atoms with Crippen molar-refractivity contribution in [3.63, 3.8) is 0 Å². The molecule has 0 saturated carbocycles. The van der Waals surface area contributed by atoms with Crippen molar-refractivity contribution in [2.75, 3.05) is 6.54 Å². The number of hydrogen-bond donors (Lipinski definition) is 1. The quantitative estimate of drug-likeness (QED) is 0.565. The average Bonchev–Trinajstić information content (AvgIpc) is 3.15. The third-order valence-corrected chi connectivity index (χ3v) is 4.82. The van der Waals surface area contributed by atoms with Gasteiger partial charge in [0.2, 0.25) is 0 Å². The topological polar surface area (TPSA) is 80.0 Å². The van der Waals surface area contributed by atoms with Crippen LogP contribution in [-0.4, -0.2) is 39.1 Å². The first kappa shape index (κ1) is 20.0. The molecule has 1 N–H and O–H groups in total. The Morgan fingerprint density at radius 2 is 1.93 bits per heavy atom. The number of amides is 1. The van der Waals surface area contributed by atoms with Gasteiger partial charge in [-0.25, -0.2) is 0 Å². The lowest BCUT2D eigenvalue weighted by atomic mass is 10.2. The summed E-state index contributed by atoms with van der Waals surface area (Å²) < 4.78 is 46.1. The maximum Gasteiger partial charge on any atom is 0.573 e. The molecule has 0 bridgehead atoms. The Balaban J connectivity index is 1.76. The monoisotopic (exact) mass is 429 g/mol. The minimum absolute atomic E-state index is 0.130. The van der Waals surface area contributed by atoms with Gasteiger partial charge in [-0.2, -0.15) is 0 Å². The molecule has 1 aromatic carbocycles. The van der Waals surface area contributed by atoms with Crippen LogP contribution < -0.4 is 4.74 Å². The highest BCUT2D eigenvalue weighted by atomic mass is 32.2. The summed E-state index contributed by atoms with van der Waals surface area (Å²) in [6.07, 6.45) is -3.35. The number of thiocarbonyl (C=S) groups is 1. The number of halogens is 3. The van der Waals surface area contributed by atoms with Crippen LogP contribution in [0.5, 0.6) is 5.75 Å². The fourth-order valence-corrected chi connectivity index (χ4v) is 3.54. The number of carbonyl (C=O) groups is 2. The van der Waals surface area contributed by atoms with E-state index in [1.807, 2.05) is 0 Å². The van der Waals surface area contributed by atoms with Crippen molar-refractivity contribution in [2.24, 2.45) is 0 Å². The fourth-order valence-electron chi connectivity index (χ4n) is 2.31. The summed E-state index contributed by atoms with van der Waals surface area (Å²) in [6.45, 7) is -0.530. The average molecular weight is 429 g/mol. The second-order valence-electron chi connectivity index (χ2n) is 5.44. The number of ether oxygens (including phenoxy) is 1. The molecule has 6 nitrogen and oxygen atoms in total. The van der Waals surface area contributed by atoms with Gasteiger partial charge in [-0.3, -0.25) is 14.5 Å². The molecule has 0 radical (unpaired) electrons. The predicted molar refractivity (Wildman–Crippen MR) is 98.3 cm³/mol. The number of aliphatic carboxylic acids is 1. The van der Waals surface area contributed by atoms with Crippen LogP contribution in [0, 0.1) is 0 Å². The van der Waals surface area contributed by atoms with Gasteiger partial charge in [-0.15, -0.1) is 13.2 Å². The number of furan rings is 1. The number of hydrogen-bond acceptors (Lipinski definition) is 6. The molecule has 0 atom stereocenters. The number of rotatable bonds is 5. The largest absolute Gasteiger partial charge is 0.573 e. The van der Waals surface area contributed by atoms with E-state index >= 15 is 0 Å². The van der Waals surface area contributed by atoms with Crippen LogP contribution in [0.4, 0.5) is 13.2 Å². The van der Waals surface area contributed by atoms with E-state index in [-0.39, 0.29) is 15.0 Å². The predicted octanol–water partition coefficient (Wildman–Crippen LogP) is 4.13. The molecule has 0 spiro atoms. The molecular formula is C17H10F3NO5S2. The van der Waals surface area contributed by atoms with Gasteiger partial charge in [0, 0.05) is 11.6 Å². The normalized spacial score (nSPS) is 16.1. The highest BCUT2D eigenvalue weighted by Crippen LogP contribution is 2.34. The fraction of sp³-hybridized carbons (Fsp3) is 0.118. The van der Waals surface area contributed by atoms with Crippen molar-refractivity contribution in [1.82, 2.24) is 4.90 Å². The summed E-state index contributed by atoms with van der Waals surface area (Å²) in [4.78, 5) is 24.2. The minimum atomic E-state index is -4.77. The Morgan fingerprint density at radius 1 is 1.25 bits per heavy atom. The Hall–Kier alpha value is -2.79. The number of nitrogens with zero attached hydrogens (tertiary/aromatic N) is 1. The molecule has 1 amide bonds. The zero-order valence-electron chi connectivity index (χ0n) is 13.7. The summed E-state index contributed by atoms with van der Waals surface area (Å²) in [5.41, 5.74) is 0.507. The van der Waals surface area contributed by atoms with Crippen molar-refractivity contribution in [2.45, 2.75) is 6.36 Å². The van der Waals surface area contributed by atoms with Gasteiger partial charge >= 0.3 is 12.3 Å². The van der Waals surface area contributed by atoms with Crippen LogP contribution in [0.25, 0.3) is 17.4 Å². The molecule has 2 aromatic rings. The van der Waals surface area contributed by atoms with E-state index in [9.17, 15) is 22.8 Å². The molecule has 1 fully saturated rings. The van der Waals surface area contributed by atoms with Gasteiger partial charge in [0.15, 0.2) is 0 Å². The third kappa shape index (κ3) is 4.73. The van der Waals surface area contributed by atoms with Crippen LogP contribution >= 0.6 is 24.0 Å². The molecule has 1 aromatic heterocycles. The zero-order chi connectivity index (χ0) is 20.5. The van der Waals surface area contributed by atoms with Crippen LogP contribution in [0.15, 0.2) is 45.7 Å². The lowest BCUT2D eigenvalue weighted by Crippen LogP contribution is -2.33. The SMILES string of the molecule is O=C(O)CN1C(=O)C(=Cc2ccc(-c3ccc(OC(F)(F)F)cc3)o2)SC1=S. The van der Waals surface area contributed by atoms with E-state index in [1.54, 1.807) is 12.1 Å². The van der Waals surface area contributed by atoms with Crippen LogP contribution in [0.3, 0.4) is 0 Å². The second kappa shape index (κ2) is 7.68. The first-order chi connectivity index (χ1) is 13.1. The standard InChI is InChI=1S/C17H10F3NO5S2/c18-17(19,20)26-10-3-1-9(2-4-10)12-6-5-11(25-12)7-13-15(24)21(8-14(22)23)16(27)28-13/h1-7H,8H2,(H,22,23). The molecule has 146 valence electrons. The van der Waals surface area contributed by atoms with E-state index in [0.29, 0.717) is 17.1 Å². The molecule has 28 heavy (non-hydrogen) atoms. The van der Waals surface area contributed by atoms with Crippen LogP contribution in [0.1, 0.15) is 5.76 Å². The van der Waals surface area contributed by atoms with E-state index < -0.39 is 24.8 Å². The number of benzene rings is 1. The van der Waals surface area contributed by atoms with E-state index in [2.05, 4.69) is 4.74 Å². The van der Waals surface area contributed by atoms with Crippen LogP contribution in [0.2, 0.25) is 0 Å². The molecule has 0 aliphatic carbocycles. The Labute approximate surface area is 165 Å². The van der Waals surface area contributed by atoms with Gasteiger partial charge in [0.25, 0.3) is 5.91 Å². The first-order valence-corrected chi connectivity index (χ1v) is 8.78. The molecule has 1 aliphatic heterocycles. The van der Waals surface area contributed by atoms with Crippen molar-refractivity contribution in [1.29, 1.82) is 0 Å². The smallest absolute Gasteiger partial charge is 0.480 e. The third-order valence-electron chi connectivity index (χ3n) is 3.44. The molecule has 0 unspecified atom stereocenters. The number of alkyl halides is 3. The summed E-state index contributed by atoms with van der Waals surface area (Å²) in [5, 5.41) is 8.82. The molecule has 2 heterocycles. The molecular weight excluding hydrogens is 419 g/mol. The lowest BCUT2D eigenvalue weighted by molar-refractivity contribution is -0.274. The van der Waals surface area contributed by atoms with E-state index in [4.69, 9.17) is 21.7 Å². The van der Waals surface area contributed by atoms with Crippen molar-refractivity contribution in [3.8, 4) is 17.1 Å². The van der Waals surface area contributed by atoms with Crippen molar-refractivity contribution >= 4 is 46.3 Å². The summed E-state index contributed by atoms with van der Waals surface area (Å²) in [6, 6.07) is 8.26. The number of thioether (sulfide) groups is 1. The molecule has 11 heteroatoms. The zero-order valence-corrected chi connectivity index (χ0v) is 15.4. The molecule has 1 saturated heterocycles. The number of carbonyl (C=O) groups excluding carboxylic acids is 1. The lowest BCUT2D eigenvalue weighted by Gasteiger charge is -2.09. The van der Waals surface area contributed by atoms with E-state index in [1.165, 1.54) is 18.2 Å². The van der Waals surface area contributed by atoms with E-state index in [0.717, 1.165) is 28.8 Å². The molecule has 1 aliphatic rings. The second-order valence-corrected chi connectivity index (χ2v) is 7.11. The van der Waals surface area contributed by atoms with Gasteiger partial charge in [-0.1, -0.05) is 24.0 Å². The Kier molecular flexibility index (Phi) is 5.47. The van der Waals surface area contributed by atoms with Gasteiger partial charge in [-0.05, 0) is 36.4 Å². The van der Waals surface area contributed by atoms with Gasteiger partial charge in [0.05, 0.1) is 4.91 Å². The first-order valence-electron chi connectivity index (χ1n) is 7.55. The van der Waals surface area contributed by atoms with Gasteiger partial charge < -0.3 is 14.3 Å². The Morgan fingerprint density at radius 3 is 2.54 bits per heavy atom. The number of carboxylic acid groups (broad SMARTS) is 1. The summed E-state index contributed by atoms with van der Waals surface area (Å²) in [7, 11) is 0. The van der Waals surface area contributed by atoms with Crippen molar-refractivity contribution < 1.29 is 37.0 Å². The Bertz CT molecular complexity index is 966. The molecule has 3 rings (SSSR count). The maximum absolute atomic E-state index is 12.2. The van der Waals surface area contributed by atoms with Crippen LogP contribution in [-0.2, 0) is 9.59 Å². The number of carboxylic acids is 1. The van der Waals surface area contributed by atoms with Gasteiger partial charge in [0.1, 0.15) is 28.1 Å². The minimum Gasteiger partial charge on any atom is -0.480 e. The maximum atomic E-state index is 12.2. The highest BCUT2D eigenvalue weighted by Gasteiger charge is 2.33. The summed E-state index contributed by atoms with van der Waals surface area (Å²) >= 11 is 5.96. The summed E-state index contributed by atoms with van der Waals surface area (Å²) in [5.74, 6) is -1.41. The van der Waals surface area contributed by atoms with Crippen molar-refractivity contribution in [3.05, 3.63) is 47.1 Å². The highest BCUT2D eigenvalue weighted by molar-refractivity contribution is 8.26.